The van der Waals surface area contributed by atoms with Crippen LogP contribution in [0.3, 0.4) is 0 Å². The van der Waals surface area contributed by atoms with Crippen molar-refractivity contribution in [3.63, 3.8) is 0 Å². The van der Waals surface area contributed by atoms with E-state index in [2.05, 4.69) is 10.0 Å². The third-order valence-corrected chi connectivity index (χ3v) is 5.78. The minimum atomic E-state index is -3.82. The summed E-state index contributed by atoms with van der Waals surface area (Å²) in [6.07, 6.45) is 0. The molecule has 0 aliphatic rings. The molecule has 0 unspecified atom stereocenters. The second-order valence-electron chi connectivity index (χ2n) is 6.81. The molecular formula is C22H20F2N2O4S. The lowest BCUT2D eigenvalue weighted by Crippen LogP contribution is -2.20. The Morgan fingerprint density at radius 3 is 2.23 bits per heavy atom. The zero-order valence-corrected chi connectivity index (χ0v) is 17.6. The van der Waals surface area contributed by atoms with E-state index in [1.54, 1.807) is 0 Å². The molecule has 0 aromatic heterocycles. The van der Waals surface area contributed by atoms with Crippen LogP contribution in [0.15, 0.2) is 65.6 Å². The number of ether oxygens (including phenoxy) is 1. The fourth-order valence-electron chi connectivity index (χ4n) is 2.82. The molecule has 1 amide bonds. The van der Waals surface area contributed by atoms with Crippen LogP contribution in [0.25, 0.3) is 0 Å². The molecule has 0 aliphatic heterocycles. The van der Waals surface area contributed by atoms with Gasteiger partial charge in [0.1, 0.15) is 5.82 Å². The Balaban J connectivity index is 1.63. The van der Waals surface area contributed by atoms with E-state index in [1.165, 1.54) is 24.3 Å². The van der Waals surface area contributed by atoms with Gasteiger partial charge in [0, 0.05) is 11.8 Å². The first-order valence-corrected chi connectivity index (χ1v) is 10.7. The molecule has 162 valence electrons. The minimum absolute atomic E-state index is 0.0257. The zero-order valence-electron chi connectivity index (χ0n) is 16.8. The topological polar surface area (TPSA) is 84.5 Å². The third-order valence-electron chi connectivity index (χ3n) is 4.42. The molecule has 0 spiro atoms. The van der Waals surface area contributed by atoms with Crippen molar-refractivity contribution in [2.75, 3.05) is 16.6 Å². The smallest absolute Gasteiger partial charge is 0.262 e. The molecule has 3 rings (SSSR count). The standard InChI is InChI=1S/C22H20F2N2O4S/c1-14-4-3-5-15(2)22(14)26-31(28,29)18-9-7-17(8-10-18)25-21(27)13-30-20-11-6-16(23)12-19(20)24/h3-12,26H,13H2,1-2H3,(H,25,27). The quantitative estimate of drug-likeness (QED) is 0.564. The summed E-state index contributed by atoms with van der Waals surface area (Å²) < 4.78 is 59.4. The fraction of sp³-hybridized carbons (Fsp3) is 0.136. The average molecular weight is 446 g/mol. The van der Waals surface area contributed by atoms with E-state index in [-0.39, 0.29) is 10.6 Å². The number of carbonyl (C=O) groups excluding carboxylic acids is 1. The van der Waals surface area contributed by atoms with E-state index < -0.39 is 34.2 Å². The Morgan fingerprint density at radius 1 is 0.968 bits per heavy atom. The van der Waals surface area contributed by atoms with E-state index in [4.69, 9.17) is 4.74 Å². The normalized spacial score (nSPS) is 11.1. The van der Waals surface area contributed by atoms with Crippen molar-refractivity contribution in [1.29, 1.82) is 0 Å². The summed E-state index contributed by atoms with van der Waals surface area (Å²) in [4.78, 5) is 12.0. The molecule has 0 saturated carbocycles. The zero-order chi connectivity index (χ0) is 22.6. The number of carbonyl (C=O) groups is 1. The summed E-state index contributed by atoms with van der Waals surface area (Å²) in [7, 11) is -3.82. The largest absolute Gasteiger partial charge is 0.481 e. The van der Waals surface area contributed by atoms with Crippen molar-refractivity contribution in [3.05, 3.63) is 83.4 Å². The van der Waals surface area contributed by atoms with Crippen LogP contribution < -0.4 is 14.8 Å². The lowest BCUT2D eigenvalue weighted by molar-refractivity contribution is -0.118. The summed E-state index contributed by atoms with van der Waals surface area (Å²) in [5.74, 6) is -2.52. The summed E-state index contributed by atoms with van der Waals surface area (Å²) >= 11 is 0. The minimum Gasteiger partial charge on any atom is -0.481 e. The van der Waals surface area contributed by atoms with Crippen molar-refractivity contribution < 1.29 is 26.7 Å². The van der Waals surface area contributed by atoms with Crippen LogP contribution in [0, 0.1) is 25.5 Å². The molecule has 0 aliphatic carbocycles. The molecule has 0 heterocycles. The van der Waals surface area contributed by atoms with Gasteiger partial charge in [-0.3, -0.25) is 9.52 Å². The molecule has 6 nitrogen and oxygen atoms in total. The Morgan fingerprint density at radius 2 is 1.61 bits per heavy atom. The Bertz CT molecular complexity index is 1190. The van der Waals surface area contributed by atoms with Crippen LogP contribution in [0.5, 0.6) is 5.75 Å². The predicted octanol–water partition coefficient (Wildman–Crippen LogP) is 4.40. The number of hydrogen-bond acceptors (Lipinski definition) is 4. The molecule has 0 fully saturated rings. The number of hydrogen-bond donors (Lipinski definition) is 2. The van der Waals surface area contributed by atoms with E-state index in [9.17, 15) is 22.0 Å². The van der Waals surface area contributed by atoms with Crippen LogP contribution in [0.1, 0.15) is 11.1 Å². The van der Waals surface area contributed by atoms with Crippen molar-refractivity contribution in [2.24, 2.45) is 0 Å². The number of para-hydroxylation sites is 1. The maximum atomic E-state index is 13.5. The highest BCUT2D eigenvalue weighted by molar-refractivity contribution is 7.92. The molecule has 0 saturated heterocycles. The highest BCUT2D eigenvalue weighted by atomic mass is 32.2. The van der Waals surface area contributed by atoms with Crippen LogP contribution >= 0.6 is 0 Å². The van der Waals surface area contributed by atoms with Crippen molar-refractivity contribution >= 4 is 27.3 Å². The van der Waals surface area contributed by atoms with E-state index in [0.29, 0.717) is 17.4 Å². The highest BCUT2D eigenvalue weighted by Crippen LogP contribution is 2.24. The first-order chi connectivity index (χ1) is 14.7. The van der Waals surface area contributed by atoms with Crippen LogP contribution in [-0.4, -0.2) is 20.9 Å². The van der Waals surface area contributed by atoms with Gasteiger partial charge in [-0.25, -0.2) is 17.2 Å². The van der Waals surface area contributed by atoms with E-state index in [0.717, 1.165) is 23.3 Å². The number of anilines is 2. The average Bonchev–Trinajstić information content (AvgIpc) is 2.71. The third kappa shape index (κ3) is 5.58. The fourth-order valence-corrected chi connectivity index (χ4v) is 4.02. The number of amides is 1. The molecule has 9 heteroatoms. The molecular weight excluding hydrogens is 426 g/mol. The summed E-state index contributed by atoms with van der Waals surface area (Å²) in [5.41, 5.74) is 2.44. The number of benzene rings is 3. The number of nitrogens with one attached hydrogen (secondary N) is 2. The van der Waals surface area contributed by atoms with Crippen LogP contribution in [0.4, 0.5) is 20.2 Å². The lowest BCUT2D eigenvalue weighted by Gasteiger charge is -2.13. The maximum absolute atomic E-state index is 13.5. The van der Waals surface area contributed by atoms with Gasteiger partial charge in [0.15, 0.2) is 18.2 Å². The van der Waals surface area contributed by atoms with E-state index in [1.807, 2.05) is 32.0 Å². The van der Waals surface area contributed by atoms with Crippen molar-refractivity contribution in [2.45, 2.75) is 18.7 Å². The second kappa shape index (κ2) is 9.13. The molecule has 0 radical (unpaired) electrons. The van der Waals surface area contributed by atoms with Gasteiger partial charge in [-0.05, 0) is 61.4 Å². The van der Waals surface area contributed by atoms with Gasteiger partial charge in [0.05, 0.1) is 10.6 Å². The number of sulfonamides is 1. The molecule has 0 atom stereocenters. The Hall–Kier alpha value is -3.46. The van der Waals surface area contributed by atoms with Gasteiger partial charge in [0.2, 0.25) is 0 Å². The molecule has 0 bridgehead atoms. The second-order valence-corrected chi connectivity index (χ2v) is 8.49. The van der Waals surface area contributed by atoms with Crippen LogP contribution in [0.2, 0.25) is 0 Å². The SMILES string of the molecule is Cc1cccc(C)c1NS(=O)(=O)c1ccc(NC(=O)COc2ccc(F)cc2F)cc1. The number of rotatable bonds is 7. The van der Waals surface area contributed by atoms with Gasteiger partial charge < -0.3 is 10.1 Å². The first kappa shape index (κ1) is 22.2. The van der Waals surface area contributed by atoms with Crippen molar-refractivity contribution in [1.82, 2.24) is 0 Å². The number of aryl methyl sites for hydroxylation is 2. The molecule has 3 aromatic carbocycles. The van der Waals surface area contributed by atoms with Gasteiger partial charge in [-0.2, -0.15) is 0 Å². The van der Waals surface area contributed by atoms with Gasteiger partial charge in [0.25, 0.3) is 15.9 Å². The summed E-state index contributed by atoms with van der Waals surface area (Å²) in [5, 5.41) is 2.51. The predicted molar refractivity (Wildman–Crippen MR) is 114 cm³/mol. The molecule has 3 aromatic rings. The lowest BCUT2D eigenvalue weighted by atomic mass is 10.1. The number of halogens is 2. The summed E-state index contributed by atoms with van der Waals surface area (Å²) in [6, 6.07) is 13.8. The maximum Gasteiger partial charge on any atom is 0.262 e. The van der Waals surface area contributed by atoms with Gasteiger partial charge in [-0.1, -0.05) is 18.2 Å². The highest BCUT2D eigenvalue weighted by Gasteiger charge is 2.17. The van der Waals surface area contributed by atoms with Crippen molar-refractivity contribution in [3.8, 4) is 5.75 Å². The van der Waals surface area contributed by atoms with Crippen LogP contribution in [-0.2, 0) is 14.8 Å². The summed E-state index contributed by atoms with van der Waals surface area (Å²) in [6.45, 7) is 3.11. The van der Waals surface area contributed by atoms with E-state index >= 15 is 0 Å². The first-order valence-electron chi connectivity index (χ1n) is 9.22. The van der Waals surface area contributed by atoms with Gasteiger partial charge in [-0.15, -0.1) is 0 Å². The van der Waals surface area contributed by atoms with Gasteiger partial charge >= 0.3 is 0 Å². The molecule has 2 N–H and O–H groups in total. The molecule has 31 heavy (non-hydrogen) atoms. The Labute approximate surface area is 178 Å². The monoisotopic (exact) mass is 446 g/mol. The Kier molecular flexibility index (Phi) is 6.55.